The second-order valence-electron chi connectivity index (χ2n) is 2.70. The first-order valence-corrected chi connectivity index (χ1v) is 3.54. The smallest absolute Gasteiger partial charge is 0.0514 e. The van der Waals surface area contributed by atoms with Crippen molar-refractivity contribution in [2.75, 3.05) is 19.6 Å². The van der Waals surface area contributed by atoms with E-state index in [9.17, 15) is 0 Å². The van der Waals surface area contributed by atoms with Gasteiger partial charge in [0.2, 0.25) is 0 Å². The fraction of sp³-hybridized carbons (Fsp3) is 0.857. The minimum atomic E-state index is 0.623. The van der Waals surface area contributed by atoms with Crippen LogP contribution in [0.5, 0.6) is 0 Å². The monoisotopic (exact) mass is 126 g/mol. The minimum absolute atomic E-state index is 0.623. The highest BCUT2D eigenvalue weighted by Gasteiger charge is 2.06. The van der Waals surface area contributed by atoms with Crippen molar-refractivity contribution in [1.82, 2.24) is 5.32 Å². The molecule has 0 fully saturated rings. The van der Waals surface area contributed by atoms with Crippen molar-refractivity contribution in [2.45, 2.75) is 13.8 Å². The minimum Gasteiger partial charge on any atom is -0.310 e. The summed E-state index contributed by atoms with van der Waals surface area (Å²) in [5.41, 5.74) is 1.32. The van der Waals surface area contributed by atoms with Crippen LogP contribution in [0.4, 0.5) is 0 Å². The summed E-state index contributed by atoms with van der Waals surface area (Å²) in [6.07, 6.45) is 0. The Kier molecular flexibility index (Phi) is 2.22. The van der Waals surface area contributed by atoms with Crippen LogP contribution in [0.3, 0.4) is 0 Å². The van der Waals surface area contributed by atoms with Crippen molar-refractivity contribution >= 4 is 5.71 Å². The van der Waals surface area contributed by atoms with E-state index >= 15 is 0 Å². The maximum atomic E-state index is 4.38. The third kappa shape index (κ3) is 1.79. The van der Waals surface area contributed by atoms with Crippen LogP contribution in [-0.4, -0.2) is 25.3 Å². The highest BCUT2D eigenvalue weighted by atomic mass is 15.0. The molecule has 1 aliphatic rings. The van der Waals surface area contributed by atoms with E-state index in [0.29, 0.717) is 5.92 Å². The first-order chi connectivity index (χ1) is 4.30. The van der Waals surface area contributed by atoms with E-state index in [-0.39, 0.29) is 0 Å². The lowest BCUT2D eigenvalue weighted by atomic mass is 10.1. The molecule has 0 aliphatic carbocycles. The Balaban J connectivity index is 2.46. The number of hydrogen-bond acceptors (Lipinski definition) is 2. The zero-order valence-corrected chi connectivity index (χ0v) is 6.15. The van der Waals surface area contributed by atoms with Crippen molar-refractivity contribution in [2.24, 2.45) is 10.9 Å². The van der Waals surface area contributed by atoms with Gasteiger partial charge in [0, 0.05) is 18.8 Å². The van der Waals surface area contributed by atoms with Crippen LogP contribution in [0.15, 0.2) is 4.99 Å². The fourth-order valence-electron chi connectivity index (χ4n) is 0.938. The lowest BCUT2D eigenvalue weighted by molar-refractivity contribution is 0.698. The Labute approximate surface area is 56.4 Å². The average Bonchev–Trinajstić information content (AvgIpc) is 1.90. The van der Waals surface area contributed by atoms with Gasteiger partial charge in [-0.25, -0.2) is 0 Å². The molecule has 0 saturated heterocycles. The summed E-state index contributed by atoms with van der Waals surface area (Å²) >= 11 is 0. The summed E-state index contributed by atoms with van der Waals surface area (Å²) in [4.78, 5) is 4.38. The number of rotatable bonds is 1. The lowest BCUT2D eigenvalue weighted by Crippen LogP contribution is -2.33. The first-order valence-electron chi connectivity index (χ1n) is 3.54. The topological polar surface area (TPSA) is 24.4 Å². The van der Waals surface area contributed by atoms with Gasteiger partial charge in [-0.05, 0) is 5.92 Å². The summed E-state index contributed by atoms with van der Waals surface area (Å²) in [6.45, 7) is 7.39. The average molecular weight is 126 g/mol. The van der Waals surface area contributed by atoms with Crippen molar-refractivity contribution in [3.8, 4) is 0 Å². The quantitative estimate of drug-likeness (QED) is 0.549. The second-order valence-corrected chi connectivity index (χ2v) is 2.70. The third-order valence-electron chi connectivity index (χ3n) is 1.58. The van der Waals surface area contributed by atoms with Gasteiger partial charge in [-0.3, -0.25) is 4.99 Å². The second kappa shape index (κ2) is 2.97. The van der Waals surface area contributed by atoms with Crippen LogP contribution in [0.1, 0.15) is 13.8 Å². The zero-order valence-electron chi connectivity index (χ0n) is 6.15. The first kappa shape index (κ1) is 6.75. The van der Waals surface area contributed by atoms with Crippen LogP contribution in [0.2, 0.25) is 0 Å². The van der Waals surface area contributed by atoms with Crippen LogP contribution in [0.25, 0.3) is 0 Å². The highest BCUT2D eigenvalue weighted by Crippen LogP contribution is 1.98. The molecular formula is C7H14N2. The van der Waals surface area contributed by atoms with Gasteiger partial charge in [0.25, 0.3) is 0 Å². The lowest BCUT2D eigenvalue weighted by Gasteiger charge is -2.15. The molecule has 0 aromatic rings. The summed E-state index contributed by atoms with van der Waals surface area (Å²) in [6, 6.07) is 0. The summed E-state index contributed by atoms with van der Waals surface area (Å²) < 4.78 is 0. The Morgan fingerprint density at radius 3 is 2.67 bits per heavy atom. The summed E-state index contributed by atoms with van der Waals surface area (Å²) in [7, 11) is 0. The number of nitrogens with one attached hydrogen (secondary N) is 1. The van der Waals surface area contributed by atoms with Crippen LogP contribution >= 0.6 is 0 Å². The molecule has 0 atom stereocenters. The third-order valence-corrected chi connectivity index (χ3v) is 1.58. The molecule has 1 N–H and O–H groups in total. The molecule has 0 spiro atoms. The number of hydrogen-bond donors (Lipinski definition) is 1. The van der Waals surface area contributed by atoms with Gasteiger partial charge in [0.1, 0.15) is 0 Å². The fourth-order valence-corrected chi connectivity index (χ4v) is 0.938. The van der Waals surface area contributed by atoms with Gasteiger partial charge >= 0.3 is 0 Å². The Hall–Kier alpha value is -0.370. The van der Waals surface area contributed by atoms with E-state index in [1.54, 1.807) is 0 Å². The van der Waals surface area contributed by atoms with Gasteiger partial charge in [0.05, 0.1) is 6.54 Å². The molecule has 1 heterocycles. The Morgan fingerprint density at radius 1 is 1.56 bits per heavy atom. The van der Waals surface area contributed by atoms with Crippen LogP contribution in [-0.2, 0) is 0 Å². The van der Waals surface area contributed by atoms with E-state index in [0.717, 1.165) is 19.6 Å². The molecule has 2 nitrogen and oxygen atoms in total. The van der Waals surface area contributed by atoms with Crippen LogP contribution in [0, 0.1) is 5.92 Å². The molecule has 1 aliphatic heterocycles. The van der Waals surface area contributed by atoms with Gasteiger partial charge < -0.3 is 5.32 Å². The van der Waals surface area contributed by atoms with E-state index in [1.807, 2.05) is 0 Å². The molecule has 52 valence electrons. The van der Waals surface area contributed by atoms with E-state index < -0.39 is 0 Å². The predicted octanol–water partition coefficient (Wildman–Crippen LogP) is 0.687. The summed E-state index contributed by atoms with van der Waals surface area (Å²) in [5, 5.41) is 3.29. The Morgan fingerprint density at radius 2 is 2.33 bits per heavy atom. The number of nitrogens with zero attached hydrogens (tertiary/aromatic N) is 1. The van der Waals surface area contributed by atoms with Crippen molar-refractivity contribution in [3.63, 3.8) is 0 Å². The van der Waals surface area contributed by atoms with Crippen molar-refractivity contribution in [1.29, 1.82) is 0 Å². The molecule has 0 amide bonds. The number of aliphatic imine (C=N–C) groups is 1. The molecule has 1 rings (SSSR count). The van der Waals surface area contributed by atoms with Gasteiger partial charge in [-0.15, -0.1) is 0 Å². The van der Waals surface area contributed by atoms with Crippen molar-refractivity contribution in [3.05, 3.63) is 0 Å². The highest BCUT2D eigenvalue weighted by molar-refractivity contribution is 5.88. The predicted molar refractivity (Wildman–Crippen MR) is 40.0 cm³/mol. The van der Waals surface area contributed by atoms with E-state index in [1.165, 1.54) is 5.71 Å². The molecule has 0 bridgehead atoms. The molecule has 2 heteroatoms. The largest absolute Gasteiger partial charge is 0.310 e. The molecule has 0 radical (unpaired) electrons. The van der Waals surface area contributed by atoms with Crippen molar-refractivity contribution < 1.29 is 0 Å². The SMILES string of the molecule is CC(C)C1=NCCNC1. The van der Waals surface area contributed by atoms with E-state index in [2.05, 4.69) is 24.2 Å². The molecule has 0 aromatic heterocycles. The zero-order chi connectivity index (χ0) is 6.69. The maximum Gasteiger partial charge on any atom is 0.0514 e. The normalized spacial score (nSPS) is 20.1. The molecule has 0 aromatic carbocycles. The summed E-state index contributed by atoms with van der Waals surface area (Å²) in [5.74, 6) is 0.623. The molecule has 9 heavy (non-hydrogen) atoms. The standard InChI is InChI=1S/C7H14N2/c1-6(2)7-5-8-3-4-9-7/h6,8H,3-5H2,1-2H3. The van der Waals surface area contributed by atoms with Gasteiger partial charge in [-0.2, -0.15) is 0 Å². The van der Waals surface area contributed by atoms with Gasteiger partial charge in [-0.1, -0.05) is 13.8 Å². The maximum absolute atomic E-state index is 4.38. The van der Waals surface area contributed by atoms with E-state index in [4.69, 9.17) is 0 Å². The molecule has 0 saturated carbocycles. The molecular weight excluding hydrogens is 112 g/mol. The molecule has 0 unspecified atom stereocenters. The Bertz CT molecular complexity index is 116. The van der Waals surface area contributed by atoms with Crippen LogP contribution < -0.4 is 5.32 Å². The van der Waals surface area contributed by atoms with Gasteiger partial charge in [0.15, 0.2) is 0 Å².